The van der Waals surface area contributed by atoms with E-state index in [4.69, 9.17) is 10.00 Å². The Morgan fingerprint density at radius 3 is 2.45 bits per heavy atom. The van der Waals surface area contributed by atoms with Crippen molar-refractivity contribution >= 4 is 12.4 Å². The molecular weight excluding hydrogens is 256 g/mol. The third-order valence-electron chi connectivity index (χ3n) is 2.47. The van der Waals surface area contributed by atoms with Gasteiger partial charge in [0, 0.05) is 6.42 Å². The molecule has 0 radical (unpaired) electrons. The Kier molecular flexibility index (Phi) is 5.27. The van der Waals surface area contributed by atoms with Crippen LogP contribution in [0.5, 0.6) is 0 Å². The van der Waals surface area contributed by atoms with Crippen LogP contribution < -0.4 is 0 Å². The van der Waals surface area contributed by atoms with Gasteiger partial charge in [0.1, 0.15) is 17.9 Å². The lowest BCUT2D eigenvalue weighted by Crippen LogP contribution is -2.42. The highest BCUT2D eigenvalue weighted by Crippen LogP contribution is 2.13. The molecule has 1 atom stereocenters. The monoisotopic (exact) mass is 274 g/mol. The molecule has 1 rings (SSSR count). The Balaban J connectivity index is 2.83. The summed E-state index contributed by atoms with van der Waals surface area (Å²) >= 11 is 0. The SMILES string of the molecule is CC(C)(C)OC(=O)N(C#N)[C@H](C=O)Cc1ccccc1. The first-order chi connectivity index (χ1) is 9.37. The maximum absolute atomic E-state index is 11.9. The normalized spacial score (nSPS) is 12.1. The van der Waals surface area contributed by atoms with Crippen molar-refractivity contribution in [2.45, 2.75) is 38.8 Å². The van der Waals surface area contributed by atoms with E-state index < -0.39 is 17.7 Å². The van der Waals surface area contributed by atoms with E-state index >= 15 is 0 Å². The zero-order valence-corrected chi connectivity index (χ0v) is 11.9. The lowest BCUT2D eigenvalue weighted by Gasteiger charge is -2.25. The van der Waals surface area contributed by atoms with Crippen LogP contribution in [-0.4, -0.2) is 28.9 Å². The average Bonchev–Trinajstić information content (AvgIpc) is 2.37. The largest absolute Gasteiger partial charge is 0.443 e. The zero-order valence-electron chi connectivity index (χ0n) is 11.9. The molecule has 0 saturated heterocycles. The van der Waals surface area contributed by atoms with Gasteiger partial charge in [-0.25, -0.2) is 9.69 Å². The molecule has 20 heavy (non-hydrogen) atoms. The molecule has 0 aromatic heterocycles. The molecule has 5 nitrogen and oxygen atoms in total. The lowest BCUT2D eigenvalue weighted by atomic mass is 10.1. The molecule has 1 aromatic carbocycles. The van der Waals surface area contributed by atoms with Crippen molar-refractivity contribution in [3.63, 3.8) is 0 Å². The van der Waals surface area contributed by atoms with Crippen molar-refractivity contribution in [2.24, 2.45) is 0 Å². The number of benzene rings is 1. The molecule has 0 saturated carbocycles. The highest BCUT2D eigenvalue weighted by molar-refractivity contribution is 5.75. The van der Waals surface area contributed by atoms with Crippen LogP contribution in [0.1, 0.15) is 26.3 Å². The second-order valence-electron chi connectivity index (χ2n) is 5.34. The van der Waals surface area contributed by atoms with Crippen LogP contribution in [0.25, 0.3) is 0 Å². The number of nitriles is 1. The van der Waals surface area contributed by atoms with Crippen LogP contribution in [-0.2, 0) is 16.0 Å². The van der Waals surface area contributed by atoms with E-state index in [2.05, 4.69) is 0 Å². The molecule has 0 aliphatic rings. The van der Waals surface area contributed by atoms with Crippen LogP contribution in [0.3, 0.4) is 0 Å². The van der Waals surface area contributed by atoms with Gasteiger partial charge in [0.05, 0.1) is 0 Å². The van der Waals surface area contributed by atoms with Crippen molar-refractivity contribution in [3.05, 3.63) is 35.9 Å². The molecule has 0 fully saturated rings. The Morgan fingerprint density at radius 1 is 1.40 bits per heavy atom. The minimum atomic E-state index is -0.864. The van der Waals surface area contributed by atoms with Crippen molar-refractivity contribution < 1.29 is 14.3 Å². The third-order valence-corrected chi connectivity index (χ3v) is 2.47. The fraction of sp³-hybridized carbons (Fsp3) is 0.400. The van der Waals surface area contributed by atoms with Crippen LogP contribution >= 0.6 is 0 Å². The molecule has 106 valence electrons. The molecule has 0 aliphatic carbocycles. The number of nitrogens with zero attached hydrogens (tertiary/aromatic N) is 2. The highest BCUT2D eigenvalue weighted by Gasteiger charge is 2.28. The van der Waals surface area contributed by atoms with Gasteiger partial charge in [0.2, 0.25) is 0 Å². The second-order valence-corrected chi connectivity index (χ2v) is 5.34. The molecule has 0 heterocycles. The van der Waals surface area contributed by atoms with Crippen molar-refractivity contribution in [2.75, 3.05) is 0 Å². The predicted molar refractivity (Wildman–Crippen MR) is 73.7 cm³/mol. The van der Waals surface area contributed by atoms with E-state index in [-0.39, 0.29) is 6.42 Å². The second kappa shape index (κ2) is 6.71. The Bertz CT molecular complexity index is 500. The molecule has 0 aliphatic heterocycles. The average molecular weight is 274 g/mol. The van der Waals surface area contributed by atoms with Crippen LogP contribution in [0.15, 0.2) is 30.3 Å². The molecule has 0 N–H and O–H groups in total. The number of aldehydes is 1. The maximum atomic E-state index is 11.9. The summed E-state index contributed by atoms with van der Waals surface area (Å²) in [4.78, 5) is 23.9. The standard InChI is InChI=1S/C15H18N2O3/c1-15(2,3)20-14(19)17(11-16)13(10-18)9-12-7-5-4-6-8-12/h4-8,10,13H,9H2,1-3H3/t13-/m0/s1. The summed E-state index contributed by atoms with van der Waals surface area (Å²) in [5, 5.41) is 9.09. The van der Waals surface area contributed by atoms with E-state index in [1.807, 2.05) is 30.3 Å². The van der Waals surface area contributed by atoms with Crippen LogP contribution in [0, 0.1) is 11.5 Å². The summed E-state index contributed by atoms with van der Waals surface area (Å²) in [7, 11) is 0. The minimum absolute atomic E-state index is 0.275. The van der Waals surface area contributed by atoms with Gasteiger partial charge in [-0.3, -0.25) is 0 Å². The van der Waals surface area contributed by atoms with Gasteiger partial charge in [0.15, 0.2) is 6.19 Å². The molecule has 1 aromatic rings. The summed E-state index contributed by atoms with van der Waals surface area (Å²) in [6.45, 7) is 5.11. The third kappa shape index (κ3) is 4.73. The van der Waals surface area contributed by atoms with Gasteiger partial charge >= 0.3 is 6.09 Å². The molecule has 5 heteroatoms. The maximum Gasteiger partial charge on any atom is 0.424 e. The van der Waals surface area contributed by atoms with Crippen LogP contribution in [0.2, 0.25) is 0 Å². The molecular formula is C15H18N2O3. The lowest BCUT2D eigenvalue weighted by molar-refractivity contribution is -0.111. The van der Waals surface area contributed by atoms with Gasteiger partial charge < -0.3 is 9.53 Å². The smallest absolute Gasteiger partial charge is 0.424 e. The Morgan fingerprint density at radius 2 is 2.00 bits per heavy atom. The number of hydrogen-bond acceptors (Lipinski definition) is 4. The quantitative estimate of drug-likeness (QED) is 0.480. The minimum Gasteiger partial charge on any atom is -0.443 e. The number of carbonyl (C=O) groups excluding carboxylic acids is 2. The first kappa shape index (κ1) is 15.7. The molecule has 1 amide bonds. The van der Waals surface area contributed by atoms with Gasteiger partial charge in [-0.1, -0.05) is 30.3 Å². The number of carbonyl (C=O) groups is 2. The molecule has 0 spiro atoms. The fourth-order valence-corrected chi connectivity index (χ4v) is 1.62. The van der Waals surface area contributed by atoms with Crippen molar-refractivity contribution in [1.29, 1.82) is 5.26 Å². The number of hydrogen-bond donors (Lipinski definition) is 0. The number of amides is 1. The molecule has 0 bridgehead atoms. The summed E-state index contributed by atoms with van der Waals surface area (Å²) < 4.78 is 5.12. The summed E-state index contributed by atoms with van der Waals surface area (Å²) in [5.74, 6) is 0. The Labute approximate surface area is 118 Å². The van der Waals surface area contributed by atoms with Gasteiger partial charge in [-0.2, -0.15) is 5.26 Å². The summed E-state index contributed by atoms with van der Waals surface area (Å²) in [5.41, 5.74) is 0.153. The van der Waals surface area contributed by atoms with E-state index in [0.717, 1.165) is 10.5 Å². The van der Waals surface area contributed by atoms with Crippen LogP contribution in [0.4, 0.5) is 4.79 Å². The summed E-state index contributed by atoms with van der Waals surface area (Å²) in [6, 6.07) is 8.33. The number of rotatable bonds is 4. The van der Waals surface area contributed by atoms with E-state index in [1.165, 1.54) is 0 Å². The Hall–Kier alpha value is -2.35. The van der Waals surface area contributed by atoms with Crippen molar-refractivity contribution in [3.8, 4) is 6.19 Å². The van der Waals surface area contributed by atoms with E-state index in [0.29, 0.717) is 6.29 Å². The summed E-state index contributed by atoms with van der Waals surface area (Å²) in [6.07, 6.45) is 1.77. The fourth-order valence-electron chi connectivity index (χ4n) is 1.62. The zero-order chi connectivity index (χ0) is 15.2. The molecule has 0 unspecified atom stereocenters. The van der Waals surface area contributed by atoms with E-state index in [1.54, 1.807) is 27.0 Å². The van der Waals surface area contributed by atoms with E-state index in [9.17, 15) is 9.59 Å². The van der Waals surface area contributed by atoms with Gasteiger partial charge in [-0.15, -0.1) is 0 Å². The number of ether oxygens (including phenoxy) is 1. The van der Waals surface area contributed by atoms with Crippen molar-refractivity contribution in [1.82, 2.24) is 4.90 Å². The first-order valence-corrected chi connectivity index (χ1v) is 6.28. The predicted octanol–water partition coefficient (Wildman–Crippen LogP) is 2.51. The highest BCUT2D eigenvalue weighted by atomic mass is 16.6. The van der Waals surface area contributed by atoms with Gasteiger partial charge in [0.25, 0.3) is 0 Å². The topological polar surface area (TPSA) is 70.4 Å². The first-order valence-electron chi connectivity index (χ1n) is 6.28. The van der Waals surface area contributed by atoms with Gasteiger partial charge in [-0.05, 0) is 26.3 Å².